The first-order valence-electron chi connectivity index (χ1n) is 8.87. The highest BCUT2D eigenvalue weighted by Gasteiger charge is 2.47. The Kier molecular flexibility index (Phi) is 7.30. The van der Waals surface area contributed by atoms with Gasteiger partial charge in [-0.25, -0.2) is 8.42 Å². The van der Waals surface area contributed by atoms with Gasteiger partial charge < -0.3 is 15.5 Å². The first-order chi connectivity index (χ1) is 13.5. The molecular formula is C18H26N4O5S2. The Labute approximate surface area is 175 Å². The topological polar surface area (TPSA) is 116 Å². The van der Waals surface area contributed by atoms with E-state index in [1.54, 1.807) is 11.8 Å². The third-order valence-electron chi connectivity index (χ3n) is 4.93. The van der Waals surface area contributed by atoms with Crippen LogP contribution in [0.5, 0.6) is 0 Å². The van der Waals surface area contributed by atoms with Gasteiger partial charge in [0.1, 0.15) is 5.54 Å². The number of thioether (sulfide) groups is 1. The number of carbonyl (C=O) groups is 3. The molecule has 1 aliphatic heterocycles. The van der Waals surface area contributed by atoms with Crippen molar-refractivity contribution in [1.82, 2.24) is 19.8 Å². The molecule has 29 heavy (non-hydrogen) atoms. The van der Waals surface area contributed by atoms with Gasteiger partial charge in [-0.1, -0.05) is 12.1 Å². The number of benzene rings is 1. The molecule has 2 rings (SSSR count). The summed E-state index contributed by atoms with van der Waals surface area (Å²) in [6, 6.07) is 7.73. The lowest BCUT2D eigenvalue weighted by molar-refractivity contribution is -0.150. The second-order valence-corrected chi connectivity index (χ2v) is 9.93. The third-order valence-corrected chi connectivity index (χ3v) is 6.87. The lowest BCUT2D eigenvalue weighted by Gasteiger charge is -2.44. The molecule has 0 unspecified atom stereocenters. The molecule has 3 amide bonds. The Balaban J connectivity index is 1.93. The van der Waals surface area contributed by atoms with E-state index in [9.17, 15) is 22.8 Å². The highest BCUT2D eigenvalue weighted by Crippen LogP contribution is 2.22. The average molecular weight is 443 g/mol. The fourth-order valence-electron chi connectivity index (χ4n) is 2.85. The summed E-state index contributed by atoms with van der Waals surface area (Å²) in [7, 11) is -2.19. The summed E-state index contributed by atoms with van der Waals surface area (Å²) >= 11 is 1.62. The molecule has 1 atom stereocenters. The maximum Gasteiger partial charge on any atom is 0.247 e. The molecule has 0 aromatic heterocycles. The van der Waals surface area contributed by atoms with Crippen molar-refractivity contribution >= 4 is 39.5 Å². The van der Waals surface area contributed by atoms with Crippen LogP contribution in [0, 0.1) is 0 Å². The summed E-state index contributed by atoms with van der Waals surface area (Å²) < 4.78 is 24.6. The molecule has 1 aromatic rings. The zero-order valence-corrected chi connectivity index (χ0v) is 18.5. The van der Waals surface area contributed by atoms with Gasteiger partial charge in [0.15, 0.2) is 0 Å². The standard InChI is InChI=1S/C18H26N4O5S2/c1-18(12-22(29(4,26)27)11-16(24)21(18)2)17(25)20-10-15(23)19-9-13-5-7-14(28-3)8-6-13/h5-8H,9-12H2,1-4H3,(H,19,23)(H,20,25)/t18-/m1/s1. The quantitative estimate of drug-likeness (QED) is 0.557. The summed E-state index contributed by atoms with van der Waals surface area (Å²) in [5.74, 6) is -1.47. The van der Waals surface area contributed by atoms with E-state index in [1.165, 1.54) is 18.9 Å². The molecule has 1 aromatic carbocycles. The van der Waals surface area contributed by atoms with Gasteiger partial charge >= 0.3 is 0 Å². The van der Waals surface area contributed by atoms with Gasteiger partial charge in [-0.05, 0) is 30.9 Å². The van der Waals surface area contributed by atoms with E-state index >= 15 is 0 Å². The summed E-state index contributed by atoms with van der Waals surface area (Å²) in [6.07, 6.45) is 2.97. The minimum absolute atomic E-state index is 0.177. The van der Waals surface area contributed by atoms with E-state index in [2.05, 4.69) is 10.6 Å². The van der Waals surface area contributed by atoms with Gasteiger partial charge in [0.05, 0.1) is 19.3 Å². The molecule has 0 aliphatic carbocycles. The van der Waals surface area contributed by atoms with E-state index in [0.717, 1.165) is 21.0 Å². The van der Waals surface area contributed by atoms with Crippen LogP contribution < -0.4 is 10.6 Å². The van der Waals surface area contributed by atoms with E-state index < -0.39 is 27.4 Å². The number of sulfonamides is 1. The fraction of sp³-hybridized carbons (Fsp3) is 0.500. The van der Waals surface area contributed by atoms with Crippen LogP contribution in [-0.2, 0) is 31.0 Å². The lowest BCUT2D eigenvalue weighted by Crippen LogP contribution is -2.68. The van der Waals surface area contributed by atoms with E-state index in [1.807, 2.05) is 30.5 Å². The molecule has 1 aliphatic rings. The first kappa shape index (κ1) is 23.2. The number of likely N-dealkylation sites (N-methyl/N-ethyl adjacent to an activating group) is 1. The van der Waals surface area contributed by atoms with Crippen LogP contribution in [0.15, 0.2) is 29.2 Å². The molecule has 0 radical (unpaired) electrons. The normalized spacial score (nSPS) is 20.4. The number of rotatable bonds is 7. The van der Waals surface area contributed by atoms with Crippen molar-refractivity contribution in [3.8, 4) is 0 Å². The third kappa shape index (κ3) is 5.71. The average Bonchev–Trinajstić information content (AvgIpc) is 2.67. The van der Waals surface area contributed by atoms with Gasteiger partial charge in [-0.15, -0.1) is 11.8 Å². The van der Waals surface area contributed by atoms with Crippen molar-refractivity contribution in [2.24, 2.45) is 0 Å². The van der Waals surface area contributed by atoms with Gasteiger partial charge in [0, 0.05) is 25.0 Å². The van der Waals surface area contributed by atoms with Crippen LogP contribution in [0.1, 0.15) is 12.5 Å². The predicted molar refractivity (Wildman–Crippen MR) is 111 cm³/mol. The number of hydrogen-bond donors (Lipinski definition) is 2. The number of nitrogens with one attached hydrogen (secondary N) is 2. The smallest absolute Gasteiger partial charge is 0.247 e. The largest absolute Gasteiger partial charge is 0.350 e. The Morgan fingerprint density at radius 1 is 1.21 bits per heavy atom. The SMILES string of the molecule is CSc1ccc(CNC(=O)CNC(=O)[C@@]2(C)CN(S(C)(=O)=O)CC(=O)N2C)cc1. The number of amides is 3. The zero-order valence-electron chi connectivity index (χ0n) is 16.9. The molecule has 0 saturated carbocycles. The Morgan fingerprint density at radius 2 is 1.83 bits per heavy atom. The van der Waals surface area contributed by atoms with Crippen molar-refractivity contribution in [2.75, 3.05) is 39.2 Å². The van der Waals surface area contributed by atoms with Crippen LogP contribution >= 0.6 is 11.8 Å². The van der Waals surface area contributed by atoms with E-state index in [4.69, 9.17) is 0 Å². The van der Waals surface area contributed by atoms with Crippen molar-refractivity contribution in [3.63, 3.8) is 0 Å². The van der Waals surface area contributed by atoms with Crippen LogP contribution in [-0.4, -0.2) is 80.1 Å². The minimum Gasteiger partial charge on any atom is -0.350 e. The second-order valence-electron chi connectivity index (χ2n) is 7.07. The zero-order chi connectivity index (χ0) is 21.8. The molecule has 0 bridgehead atoms. The van der Waals surface area contributed by atoms with Crippen LogP contribution in [0.25, 0.3) is 0 Å². The van der Waals surface area contributed by atoms with Crippen molar-refractivity contribution < 1.29 is 22.8 Å². The lowest BCUT2D eigenvalue weighted by atomic mass is 9.96. The molecule has 1 heterocycles. The van der Waals surface area contributed by atoms with Gasteiger partial charge in [0.25, 0.3) is 0 Å². The van der Waals surface area contributed by atoms with Crippen LogP contribution in [0.2, 0.25) is 0 Å². The molecule has 2 N–H and O–H groups in total. The van der Waals surface area contributed by atoms with Crippen LogP contribution in [0.4, 0.5) is 0 Å². The molecule has 0 spiro atoms. The fourth-order valence-corrected chi connectivity index (χ4v) is 4.09. The Morgan fingerprint density at radius 3 is 2.38 bits per heavy atom. The number of nitrogens with zero attached hydrogens (tertiary/aromatic N) is 2. The summed E-state index contributed by atoms with van der Waals surface area (Å²) in [5.41, 5.74) is -0.484. The van der Waals surface area contributed by atoms with Gasteiger partial charge in [0.2, 0.25) is 27.7 Å². The summed E-state index contributed by atoms with van der Waals surface area (Å²) in [5, 5.41) is 5.21. The monoisotopic (exact) mass is 442 g/mol. The summed E-state index contributed by atoms with van der Waals surface area (Å²) in [6.45, 7) is 1.03. The molecule has 160 valence electrons. The van der Waals surface area contributed by atoms with Crippen molar-refractivity contribution in [3.05, 3.63) is 29.8 Å². The molecule has 1 saturated heterocycles. The summed E-state index contributed by atoms with van der Waals surface area (Å²) in [4.78, 5) is 39.3. The van der Waals surface area contributed by atoms with Crippen LogP contribution in [0.3, 0.4) is 0 Å². The Bertz CT molecular complexity index is 888. The highest BCUT2D eigenvalue weighted by atomic mass is 32.2. The van der Waals surface area contributed by atoms with Gasteiger partial charge in [-0.3, -0.25) is 14.4 Å². The molecule has 9 nitrogen and oxygen atoms in total. The maximum absolute atomic E-state index is 12.7. The minimum atomic E-state index is -3.64. The van der Waals surface area contributed by atoms with Gasteiger partial charge in [-0.2, -0.15) is 4.31 Å². The van der Waals surface area contributed by atoms with Crippen molar-refractivity contribution in [2.45, 2.75) is 23.9 Å². The first-order valence-corrected chi connectivity index (χ1v) is 11.9. The molecular weight excluding hydrogens is 416 g/mol. The van der Waals surface area contributed by atoms with Crippen molar-refractivity contribution in [1.29, 1.82) is 0 Å². The van der Waals surface area contributed by atoms with E-state index in [-0.39, 0.29) is 25.5 Å². The Hall–Kier alpha value is -2.11. The van der Waals surface area contributed by atoms with E-state index in [0.29, 0.717) is 6.54 Å². The molecule has 1 fully saturated rings. The second kappa shape index (κ2) is 9.14. The molecule has 11 heteroatoms. The number of carbonyl (C=O) groups excluding carboxylic acids is 3. The highest BCUT2D eigenvalue weighted by molar-refractivity contribution is 7.98. The predicted octanol–water partition coefficient (Wildman–Crippen LogP) is -0.367. The maximum atomic E-state index is 12.7. The number of piperazine rings is 1. The number of hydrogen-bond acceptors (Lipinski definition) is 6.